The lowest BCUT2D eigenvalue weighted by molar-refractivity contribution is 0.0937. The van der Waals surface area contributed by atoms with Gasteiger partial charge in [-0.2, -0.15) is 0 Å². The second kappa shape index (κ2) is 5.86. The normalized spacial score (nSPS) is 12.0. The van der Waals surface area contributed by atoms with Crippen molar-refractivity contribution in [3.8, 4) is 0 Å². The highest BCUT2D eigenvalue weighted by Crippen LogP contribution is 2.20. The van der Waals surface area contributed by atoms with Crippen LogP contribution in [0, 0.1) is 11.6 Å². The first kappa shape index (κ1) is 14.9. The van der Waals surface area contributed by atoms with Gasteiger partial charge in [0.2, 0.25) is 0 Å². The number of rotatable bonds is 4. The molecular weight excluding hydrogens is 280 g/mol. The van der Waals surface area contributed by atoms with E-state index in [1.54, 1.807) is 18.5 Å². The molecule has 0 aliphatic rings. The number of aromatic nitrogens is 3. The summed E-state index contributed by atoms with van der Waals surface area (Å²) in [5, 5.41) is 12.6. The van der Waals surface area contributed by atoms with Crippen LogP contribution in [0.3, 0.4) is 0 Å². The third kappa shape index (κ3) is 2.99. The number of nitrogens with zero attached hydrogens (tertiary/aromatic N) is 3. The first-order chi connectivity index (χ1) is 9.93. The molecule has 0 aliphatic carbocycles. The van der Waals surface area contributed by atoms with Gasteiger partial charge in [-0.1, -0.05) is 0 Å². The van der Waals surface area contributed by atoms with Crippen LogP contribution in [0.15, 0.2) is 18.5 Å². The summed E-state index contributed by atoms with van der Waals surface area (Å²) in [6, 6.07) is 1.52. The predicted octanol–water partition coefficient (Wildman–Crippen LogP) is 1.63. The highest BCUT2D eigenvalue weighted by molar-refractivity contribution is 5.94. The number of anilines is 1. The SMILES string of the molecule is CNc1c(F)cc(C(=O)NC(C)c2nncn2C)cc1F. The number of amides is 1. The highest BCUT2D eigenvalue weighted by atomic mass is 19.1. The van der Waals surface area contributed by atoms with Gasteiger partial charge in [0.1, 0.15) is 23.6 Å². The first-order valence-electron chi connectivity index (χ1n) is 6.25. The minimum Gasteiger partial charge on any atom is -0.383 e. The Labute approximate surface area is 120 Å². The molecule has 2 N–H and O–H groups in total. The Balaban J connectivity index is 2.19. The van der Waals surface area contributed by atoms with Gasteiger partial charge < -0.3 is 15.2 Å². The van der Waals surface area contributed by atoms with E-state index < -0.39 is 23.6 Å². The lowest BCUT2D eigenvalue weighted by Crippen LogP contribution is -2.28. The quantitative estimate of drug-likeness (QED) is 0.899. The fourth-order valence-corrected chi connectivity index (χ4v) is 1.97. The molecule has 0 aliphatic heterocycles. The van der Waals surface area contributed by atoms with E-state index in [9.17, 15) is 13.6 Å². The maximum atomic E-state index is 13.6. The fourth-order valence-electron chi connectivity index (χ4n) is 1.97. The minimum absolute atomic E-state index is 0.0991. The van der Waals surface area contributed by atoms with E-state index in [1.165, 1.54) is 13.4 Å². The van der Waals surface area contributed by atoms with Crippen molar-refractivity contribution in [2.45, 2.75) is 13.0 Å². The van der Waals surface area contributed by atoms with E-state index in [0.29, 0.717) is 5.82 Å². The molecule has 0 saturated carbocycles. The molecule has 2 aromatic rings. The van der Waals surface area contributed by atoms with E-state index in [1.807, 2.05) is 0 Å². The Kier molecular flexibility index (Phi) is 4.15. The molecule has 1 heterocycles. The second-order valence-corrected chi connectivity index (χ2v) is 4.56. The number of carbonyl (C=O) groups excluding carboxylic acids is 1. The Bertz CT molecular complexity index is 647. The lowest BCUT2D eigenvalue weighted by atomic mass is 10.1. The molecule has 8 heteroatoms. The average Bonchev–Trinajstić information content (AvgIpc) is 2.84. The first-order valence-corrected chi connectivity index (χ1v) is 6.25. The highest BCUT2D eigenvalue weighted by Gasteiger charge is 2.18. The molecule has 1 aromatic carbocycles. The molecule has 1 amide bonds. The zero-order valence-electron chi connectivity index (χ0n) is 11.8. The molecule has 6 nitrogen and oxygen atoms in total. The van der Waals surface area contributed by atoms with Gasteiger partial charge in [0.05, 0.1) is 6.04 Å². The van der Waals surface area contributed by atoms with Crippen molar-refractivity contribution in [2.75, 3.05) is 12.4 Å². The van der Waals surface area contributed by atoms with Crippen molar-refractivity contribution in [1.29, 1.82) is 0 Å². The maximum absolute atomic E-state index is 13.6. The summed E-state index contributed by atoms with van der Waals surface area (Å²) >= 11 is 0. The van der Waals surface area contributed by atoms with E-state index in [4.69, 9.17) is 0 Å². The molecule has 0 saturated heterocycles. The molecule has 112 valence electrons. The van der Waals surface area contributed by atoms with Crippen LogP contribution in [-0.2, 0) is 7.05 Å². The van der Waals surface area contributed by atoms with E-state index >= 15 is 0 Å². The van der Waals surface area contributed by atoms with Crippen molar-refractivity contribution in [3.05, 3.63) is 41.5 Å². The summed E-state index contributed by atoms with van der Waals surface area (Å²) in [5.41, 5.74) is -0.370. The summed E-state index contributed by atoms with van der Waals surface area (Å²) in [7, 11) is 3.14. The van der Waals surface area contributed by atoms with Gasteiger partial charge in [-0.3, -0.25) is 4.79 Å². The zero-order chi connectivity index (χ0) is 15.6. The number of hydrogen-bond donors (Lipinski definition) is 2. The summed E-state index contributed by atoms with van der Waals surface area (Å²) in [5.74, 6) is -1.70. The van der Waals surface area contributed by atoms with E-state index in [-0.39, 0.29) is 11.3 Å². The molecule has 1 unspecified atom stereocenters. The van der Waals surface area contributed by atoms with Gasteiger partial charge in [0.25, 0.3) is 5.91 Å². The van der Waals surface area contributed by atoms with Crippen LogP contribution in [0.1, 0.15) is 29.1 Å². The summed E-state index contributed by atoms with van der Waals surface area (Å²) in [6.07, 6.45) is 1.50. The molecule has 0 bridgehead atoms. The molecule has 1 atom stereocenters. The Hall–Kier alpha value is -2.51. The Morgan fingerprint density at radius 2 is 1.95 bits per heavy atom. The third-order valence-electron chi connectivity index (χ3n) is 3.04. The van der Waals surface area contributed by atoms with Crippen LogP contribution >= 0.6 is 0 Å². The van der Waals surface area contributed by atoms with E-state index in [0.717, 1.165) is 12.1 Å². The largest absolute Gasteiger partial charge is 0.383 e. The summed E-state index contributed by atoms with van der Waals surface area (Å²) < 4.78 is 28.9. The third-order valence-corrected chi connectivity index (χ3v) is 3.04. The Morgan fingerprint density at radius 1 is 1.33 bits per heavy atom. The molecule has 0 fully saturated rings. The molecule has 21 heavy (non-hydrogen) atoms. The molecule has 1 aromatic heterocycles. The smallest absolute Gasteiger partial charge is 0.252 e. The van der Waals surface area contributed by atoms with E-state index in [2.05, 4.69) is 20.8 Å². The zero-order valence-corrected chi connectivity index (χ0v) is 11.8. The van der Waals surface area contributed by atoms with Gasteiger partial charge >= 0.3 is 0 Å². The number of aryl methyl sites for hydroxylation is 1. The topological polar surface area (TPSA) is 71.8 Å². The van der Waals surface area contributed by atoms with Crippen molar-refractivity contribution in [2.24, 2.45) is 7.05 Å². The van der Waals surface area contributed by atoms with Gasteiger partial charge in [0, 0.05) is 19.7 Å². The van der Waals surface area contributed by atoms with Gasteiger partial charge in [0.15, 0.2) is 5.82 Å². The summed E-state index contributed by atoms with van der Waals surface area (Å²) in [6.45, 7) is 1.70. The minimum atomic E-state index is -0.825. The van der Waals surface area contributed by atoms with Crippen LogP contribution in [0.25, 0.3) is 0 Å². The number of nitrogens with one attached hydrogen (secondary N) is 2. The van der Waals surface area contributed by atoms with Crippen LogP contribution in [-0.4, -0.2) is 27.7 Å². The molecular formula is C13H15F2N5O. The number of halogens is 2. The summed E-state index contributed by atoms with van der Waals surface area (Å²) in [4.78, 5) is 12.0. The Morgan fingerprint density at radius 3 is 2.43 bits per heavy atom. The van der Waals surface area contributed by atoms with Crippen molar-refractivity contribution < 1.29 is 13.6 Å². The predicted molar refractivity (Wildman–Crippen MR) is 72.8 cm³/mol. The number of carbonyl (C=O) groups is 1. The lowest BCUT2D eigenvalue weighted by Gasteiger charge is -2.13. The van der Waals surface area contributed by atoms with Crippen molar-refractivity contribution >= 4 is 11.6 Å². The fraction of sp³-hybridized carbons (Fsp3) is 0.308. The van der Waals surface area contributed by atoms with Crippen molar-refractivity contribution in [3.63, 3.8) is 0 Å². The molecule has 2 rings (SSSR count). The van der Waals surface area contributed by atoms with Crippen molar-refractivity contribution in [1.82, 2.24) is 20.1 Å². The monoisotopic (exact) mass is 295 g/mol. The van der Waals surface area contributed by atoms with Crippen LogP contribution in [0.4, 0.5) is 14.5 Å². The van der Waals surface area contributed by atoms with Gasteiger partial charge in [-0.15, -0.1) is 10.2 Å². The van der Waals surface area contributed by atoms with Gasteiger partial charge in [-0.05, 0) is 19.1 Å². The molecule has 0 radical (unpaired) electrons. The average molecular weight is 295 g/mol. The van der Waals surface area contributed by atoms with Gasteiger partial charge in [-0.25, -0.2) is 8.78 Å². The second-order valence-electron chi connectivity index (χ2n) is 4.56. The molecule has 0 spiro atoms. The number of benzene rings is 1. The standard InChI is InChI=1S/C13H15F2N5O/c1-7(12-19-17-6-20(12)3)18-13(21)8-4-9(14)11(16-2)10(15)5-8/h4-7,16H,1-3H3,(H,18,21). The van der Waals surface area contributed by atoms with Crippen LogP contribution < -0.4 is 10.6 Å². The van der Waals surface area contributed by atoms with Crippen LogP contribution in [0.2, 0.25) is 0 Å². The van der Waals surface area contributed by atoms with Crippen LogP contribution in [0.5, 0.6) is 0 Å². The maximum Gasteiger partial charge on any atom is 0.252 e. The number of hydrogen-bond acceptors (Lipinski definition) is 4.